The van der Waals surface area contributed by atoms with Gasteiger partial charge in [0.1, 0.15) is 5.69 Å². The molecular formula is C17H17N5O4S2. The monoisotopic (exact) mass is 419 g/mol. The van der Waals surface area contributed by atoms with Gasteiger partial charge in [-0.15, -0.1) is 11.3 Å². The van der Waals surface area contributed by atoms with Gasteiger partial charge in [-0.3, -0.25) is 15.2 Å². The molecule has 5 rings (SSSR count). The number of sulfonamides is 1. The van der Waals surface area contributed by atoms with E-state index in [0.717, 1.165) is 23.4 Å². The number of aromatic nitrogens is 3. The lowest BCUT2D eigenvalue weighted by Gasteiger charge is -2.25. The van der Waals surface area contributed by atoms with Crippen LogP contribution < -0.4 is 5.32 Å². The fourth-order valence-corrected chi connectivity index (χ4v) is 6.09. The number of nitrogens with one attached hydrogen (secondary N) is 2. The van der Waals surface area contributed by atoms with Crippen molar-refractivity contribution in [3.8, 4) is 11.5 Å². The molecule has 0 radical (unpaired) electrons. The average Bonchev–Trinajstić information content (AvgIpc) is 3.10. The predicted octanol–water partition coefficient (Wildman–Crippen LogP) is 2.23. The lowest BCUT2D eigenvalue weighted by atomic mass is 10.2. The number of fused-ring (bicyclic) bond motifs is 1. The molecule has 0 unspecified atom stereocenters. The minimum Gasteiger partial charge on any atom is -0.463 e. The number of H-pyrrole nitrogens is 1. The molecule has 2 aliphatic rings. The molecule has 28 heavy (non-hydrogen) atoms. The lowest BCUT2D eigenvalue weighted by molar-refractivity contribution is 0.102. The third-order valence-corrected chi connectivity index (χ3v) is 8.16. The van der Waals surface area contributed by atoms with E-state index in [1.54, 1.807) is 28.8 Å². The van der Waals surface area contributed by atoms with Crippen LogP contribution in [0.25, 0.3) is 11.5 Å². The Morgan fingerprint density at radius 1 is 1.39 bits per heavy atom. The molecule has 1 amide bonds. The van der Waals surface area contributed by atoms with E-state index in [-0.39, 0.29) is 16.9 Å². The maximum Gasteiger partial charge on any atom is 0.277 e. The highest BCUT2D eigenvalue weighted by atomic mass is 32.2. The number of anilines is 1. The molecule has 1 saturated carbocycles. The minimum absolute atomic E-state index is 0.218. The number of hydrogen-bond donors (Lipinski definition) is 2. The van der Waals surface area contributed by atoms with Gasteiger partial charge >= 0.3 is 0 Å². The number of hydrogen-bond acceptors (Lipinski definition) is 7. The highest BCUT2D eigenvalue weighted by molar-refractivity contribution is 7.90. The quantitative estimate of drug-likeness (QED) is 0.654. The number of furan rings is 1. The van der Waals surface area contributed by atoms with Gasteiger partial charge in [-0.05, 0) is 25.0 Å². The molecule has 3 aromatic rings. The normalized spacial score (nSPS) is 17.4. The first kappa shape index (κ1) is 17.6. The van der Waals surface area contributed by atoms with Crippen molar-refractivity contribution in [2.45, 2.75) is 31.1 Å². The fourth-order valence-electron chi connectivity index (χ4n) is 3.18. The maximum atomic E-state index is 12.5. The van der Waals surface area contributed by atoms with E-state index in [2.05, 4.69) is 20.5 Å². The highest BCUT2D eigenvalue weighted by Crippen LogP contribution is 2.35. The third kappa shape index (κ3) is 3.15. The van der Waals surface area contributed by atoms with E-state index in [4.69, 9.17) is 4.42 Å². The van der Waals surface area contributed by atoms with Crippen LogP contribution in [0.2, 0.25) is 0 Å². The Bertz CT molecular complexity index is 1130. The molecule has 0 spiro atoms. The second-order valence-corrected chi connectivity index (χ2v) is 10.1. The number of carbonyl (C=O) groups excluding carboxylic acids is 1. The molecule has 0 atom stereocenters. The van der Waals surface area contributed by atoms with Crippen molar-refractivity contribution < 1.29 is 17.6 Å². The van der Waals surface area contributed by atoms with Crippen LogP contribution in [0.1, 0.15) is 33.9 Å². The first-order valence-electron chi connectivity index (χ1n) is 8.89. The van der Waals surface area contributed by atoms with Crippen LogP contribution in [0.3, 0.4) is 0 Å². The van der Waals surface area contributed by atoms with Gasteiger partial charge in [0.05, 0.1) is 17.2 Å². The topological polar surface area (TPSA) is 121 Å². The Kier molecular flexibility index (Phi) is 4.11. The van der Waals surface area contributed by atoms with Gasteiger partial charge in [0.15, 0.2) is 16.6 Å². The first-order chi connectivity index (χ1) is 13.5. The molecule has 11 heteroatoms. The van der Waals surface area contributed by atoms with E-state index in [9.17, 15) is 13.2 Å². The number of amides is 1. The number of nitrogens with zero attached hydrogens (tertiary/aromatic N) is 3. The van der Waals surface area contributed by atoms with Crippen LogP contribution >= 0.6 is 11.3 Å². The average molecular weight is 419 g/mol. The molecule has 1 aliphatic heterocycles. The summed E-state index contributed by atoms with van der Waals surface area (Å²) in [5, 5.41) is 9.76. The zero-order valence-electron chi connectivity index (χ0n) is 14.7. The van der Waals surface area contributed by atoms with Crippen molar-refractivity contribution in [2.24, 2.45) is 0 Å². The van der Waals surface area contributed by atoms with Crippen molar-refractivity contribution >= 4 is 32.4 Å². The number of aromatic amines is 1. The summed E-state index contributed by atoms with van der Waals surface area (Å²) in [6, 6.07) is 5.12. The van der Waals surface area contributed by atoms with Gasteiger partial charge in [0, 0.05) is 30.5 Å². The molecule has 9 nitrogen and oxygen atoms in total. The molecule has 146 valence electrons. The van der Waals surface area contributed by atoms with Crippen molar-refractivity contribution in [2.75, 3.05) is 11.9 Å². The van der Waals surface area contributed by atoms with Crippen molar-refractivity contribution in [1.29, 1.82) is 0 Å². The molecular weight excluding hydrogens is 402 g/mol. The van der Waals surface area contributed by atoms with Crippen molar-refractivity contribution in [1.82, 2.24) is 19.5 Å². The summed E-state index contributed by atoms with van der Waals surface area (Å²) in [5.41, 5.74) is 1.67. The highest BCUT2D eigenvalue weighted by Gasteiger charge is 2.41. The van der Waals surface area contributed by atoms with Crippen LogP contribution in [-0.2, 0) is 23.0 Å². The van der Waals surface area contributed by atoms with E-state index in [1.165, 1.54) is 11.3 Å². The summed E-state index contributed by atoms with van der Waals surface area (Å²) >= 11 is 1.31. The molecule has 2 N–H and O–H groups in total. The number of rotatable bonds is 5. The molecule has 4 heterocycles. The summed E-state index contributed by atoms with van der Waals surface area (Å²) in [4.78, 5) is 17.8. The van der Waals surface area contributed by atoms with E-state index in [0.29, 0.717) is 36.1 Å². The smallest absolute Gasteiger partial charge is 0.277 e. The van der Waals surface area contributed by atoms with Crippen LogP contribution in [0, 0.1) is 0 Å². The molecule has 1 fully saturated rings. The number of thiazole rings is 1. The fraction of sp³-hybridized carbons (Fsp3) is 0.353. The van der Waals surface area contributed by atoms with Crippen LogP contribution in [0.15, 0.2) is 28.9 Å². The molecule has 3 aromatic heterocycles. The second kappa shape index (κ2) is 6.54. The van der Waals surface area contributed by atoms with Gasteiger partial charge in [0.25, 0.3) is 5.91 Å². The molecule has 0 bridgehead atoms. The second-order valence-electron chi connectivity index (χ2n) is 6.82. The Morgan fingerprint density at radius 3 is 3.00 bits per heavy atom. The van der Waals surface area contributed by atoms with Crippen molar-refractivity contribution in [3.63, 3.8) is 0 Å². The Hall–Kier alpha value is -2.50. The van der Waals surface area contributed by atoms with Crippen molar-refractivity contribution in [3.05, 3.63) is 40.7 Å². The Balaban J connectivity index is 1.30. The maximum absolute atomic E-state index is 12.5. The zero-order chi connectivity index (χ0) is 19.3. The third-order valence-electron chi connectivity index (χ3n) is 4.82. The van der Waals surface area contributed by atoms with Crippen LogP contribution in [0.5, 0.6) is 0 Å². The molecule has 0 aromatic carbocycles. The summed E-state index contributed by atoms with van der Waals surface area (Å²) in [5.74, 6) is 0.204. The lowest BCUT2D eigenvalue weighted by Crippen LogP contribution is -2.37. The summed E-state index contributed by atoms with van der Waals surface area (Å²) in [6.45, 7) is 0.765. The summed E-state index contributed by atoms with van der Waals surface area (Å²) < 4.78 is 31.7. The standard InChI is InChI=1S/C17H17N5O4S2/c23-16(13-8-12(20-21-13)14-2-1-7-26-14)19-17-18-11-5-6-22(9-15(11)27-17)28(24,25)10-3-4-10/h1-2,7-8,10H,3-6,9H2,(H,20,21)(H,18,19,23). The van der Waals surface area contributed by atoms with Gasteiger partial charge in [-0.2, -0.15) is 9.40 Å². The summed E-state index contributed by atoms with van der Waals surface area (Å²) in [7, 11) is -3.21. The molecule has 0 saturated heterocycles. The van der Waals surface area contributed by atoms with Gasteiger partial charge < -0.3 is 4.42 Å². The van der Waals surface area contributed by atoms with Gasteiger partial charge in [0.2, 0.25) is 10.0 Å². The first-order valence-corrected chi connectivity index (χ1v) is 11.2. The van der Waals surface area contributed by atoms with E-state index < -0.39 is 10.0 Å². The van der Waals surface area contributed by atoms with Gasteiger partial charge in [-0.25, -0.2) is 13.4 Å². The Morgan fingerprint density at radius 2 is 2.25 bits per heavy atom. The predicted molar refractivity (Wildman–Crippen MR) is 102 cm³/mol. The van der Waals surface area contributed by atoms with E-state index >= 15 is 0 Å². The minimum atomic E-state index is -3.21. The van der Waals surface area contributed by atoms with Crippen LogP contribution in [-0.4, -0.2) is 45.6 Å². The Labute approximate surface area is 164 Å². The number of carbonyl (C=O) groups is 1. The zero-order valence-corrected chi connectivity index (χ0v) is 16.3. The van der Waals surface area contributed by atoms with Crippen LogP contribution in [0.4, 0.5) is 5.13 Å². The molecule has 1 aliphatic carbocycles. The summed E-state index contributed by atoms with van der Waals surface area (Å²) in [6.07, 6.45) is 3.60. The SMILES string of the molecule is O=C(Nc1nc2c(s1)CN(S(=O)(=O)C1CC1)CC2)c1cc(-c2ccco2)[nH]n1. The largest absolute Gasteiger partial charge is 0.463 e. The van der Waals surface area contributed by atoms with E-state index in [1.807, 2.05) is 0 Å². The van der Waals surface area contributed by atoms with Gasteiger partial charge in [-0.1, -0.05) is 0 Å².